The summed E-state index contributed by atoms with van der Waals surface area (Å²) in [4.78, 5) is 0. The highest BCUT2D eigenvalue weighted by Crippen LogP contribution is 2.17. The maximum atomic E-state index is 9.14. The van der Waals surface area contributed by atoms with Gasteiger partial charge < -0.3 is 10.4 Å². The van der Waals surface area contributed by atoms with Crippen molar-refractivity contribution in [3.05, 3.63) is 36.1 Å². The molecule has 0 aromatic heterocycles. The third-order valence-corrected chi connectivity index (χ3v) is 1.86. The van der Waals surface area contributed by atoms with E-state index in [-0.39, 0.29) is 5.76 Å². The van der Waals surface area contributed by atoms with Crippen LogP contribution in [0.5, 0.6) is 0 Å². The van der Waals surface area contributed by atoms with Gasteiger partial charge in [-0.05, 0) is 18.5 Å². The first-order valence-electron chi connectivity index (χ1n) is 3.69. The van der Waals surface area contributed by atoms with Gasteiger partial charge in [0.1, 0.15) is 5.76 Å². The lowest BCUT2D eigenvalue weighted by molar-refractivity contribution is 0.417. The average molecular weight is 151 g/mol. The minimum absolute atomic E-state index is 0.159. The van der Waals surface area contributed by atoms with E-state index in [4.69, 9.17) is 5.11 Å². The zero-order valence-corrected chi connectivity index (χ0v) is 6.56. The molecule has 0 aromatic carbocycles. The molecule has 60 valence electrons. The summed E-state index contributed by atoms with van der Waals surface area (Å²) in [6.07, 6.45) is 2.72. The second-order valence-corrected chi connectivity index (χ2v) is 2.58. The second-order valence-electron chi connectivity index (χ2n) is 2.58. The fourth-order valence-corrected chi connectivity index (χ4v) is 1.21. The van der Waals surface area contributed by atoms with Gasteiger partial charge in [0, 0.05) is 12.1 Å². The van der Waals surface area contributed by atoms with E-state index in [0.29, 0.717) is 6.54 Å². The van der Waals surface area contributed by atoms with Gasteiger partial charge in [-0.3, -0.25) is 0 Å². The molecule has 0 atom stereocenters. The Kier molecular flexibility index (Phi) is 2.49. The molecular formula is C9H13NO. The summed E-state index contributed by atoms with van der Waals surface area (Å²) in [6, 6.07) is 0. The summed E-state index contributed by atoms with van der Waals surface area (Å²) < 4.78 is 0. The van der Waals surface area contributed by atoms with Crippen LogP contribution < -0.4 is 5.32 Å². The number of aliphatic hydroxyl groups excluding tert-OH is 1. The summed E-state index contributed by atoms with van der Waals surface area (Å²) >= 11 is 0. The van der Waals surface area contributed by atoms with Crippen LogP contribution >= 0.6 is 0 Å². The Balaban J connectivity index is 2.90. The van der Waals surface area contributed by atoms with Crippen molar-refractivity contribution in [1.82, 2.24) is 5.32 Å². The van der Waals surface area contributed by atoms with Crippen LogP contribution in [0.4, 0.5) is 0 Å². The van der Waals surface area contributed by atoms with Crippen LogP contribution in [0.2, 0.25) is 0 Å². The van der Waals surface area contributed by atoms with Gasteiger partial charge >= 0.3 is 0 Å². The van der Waals surface area contributed by atoms with Gasteiger partial charge in [0.2, 0.25) is 0 Å². The Hall–Kier alpha value is -1.02. The number of aliphatic hydroxyl groups is 1. The molecule has 0 unspecified atom stereocenters. The second kappa shape index (κ2) is 3.39. The highest BCUT2D eigenvalue weighted by molar-refractivity contribution is 5.37. The van der Waals surface area contributed by atoms with Crippen molar-refractivity contribution in [2.24, 2.45) is 0 Å². The largest absolute Gasteiger partial charge is 0.508 e. The first-order chi connectivity index (χ1) is 5.25. The Bertz CT molecular complexity index is 216. The minimum Gasteiger partial charge on any atom is -0.508 e. The molecule has 1 aliphatic heterocycles. The standard InChI is InChI=1S/C9H13NO/c1-3-8-4-5-10-6-9(8)7(2)11/h3,10-11H,1-2,4-6H2. The molecule has 1 rings (SSSR count). The molecule has 2 N–H and O–H groups in total. The number of nitrogens with one attached hydrogen (secondary N) is 1. The molecule has 1 heterocycles. The normalized spacial score (nSPS) is 18.2. The number of rotatable bonds is 2. The first kappa shape index (κ1) is 8.08. The zero-order valence-electron chi connectivity index (χ0n) is 6.56. The van der Waals surface area contributed by atoms with Crippen LogP contribution in [0.3, 0.4) is 0 Å². The quantitative estimate of drug-likeness (QED) is 0.587. The number of allylic oxidation sites excluding steroid dienone is 1. The van der Waals surface area contributed by atoms with Gasteiger partial charge in [-0.2, -0.15) is 0 Å². The molecule has 0 aromatic rings. The number of hydrogen-bond acceptors (Lipinski definition) is 2. The average Bonchev–Trinajstić information content (AvgIpc) is 2.04. The van der Waals surface area contributed by atoms with Crippen LogP contribution in [0.15, 0.2) is 36.1 Å². The summed E-state index contributed by atoms with van der Waals surface area (Å²) in [5, 5.41) is 12.3. The van der Waals surface area contributed by atoms with Crippen molar-refractivity contribution in [3.63, 3.8) is 0 Å². The molecule has 0 amide bonds. The lowest BCUT2D eigenvalue weighted by atomic mass is 10.0. The van der Waals surface area contributed by atoms with Crippen molar-refractivity contribution >= 4 is 0 Å². The smallest absolute Gasteiger partial charge is 0.113 e. The number of hydrogen-bond donors (Lipinski definition) is 2. The molecular weight excluding hydrogens is 138 g/mol. The molecule has 0 spiro atoms. The minimum atomic E-state index is 0.159. The van der Waals surface area contributed by atoms with E-state index in [2.05, 4.69) is 18.5 Å². The SMILES string of the molecule is C=CC1=C(C(=C)O)CNCC1. The molecule has 0 bridgehead atoms. The lowest BCUT2D eigenvalue weighted by Gasteiger charge is -2.17. The van der Waals surface area contributed by atoms with Gasteiger partial charge in [0.25, 0.3) is 0 Å². The Morgan fingerprint density at radius 3 is 2.82 bits per heavy atom. The monoisotopic (exact) mass is 151 g/mol. The molecule has 0 fully saturated rings. The van der Waals surface area contributed by atoms with Crippen LogP contribution in [0.25, 0.3) is 0 Å². The highest BCUT2D eigenvalue weighted by Gasteiger charge is 2.10. The molecule has 0 saturated heterocycles. The zero-order chi connectivity index (χ0) is 8.27. The summed E-state index contributed by atoms with van der Waals surface area (Å²) in [7, 11) is 0. The fourth-order valence-electron chi connectivity index (χ4n) is 1.21. The maximum Gasteiger partial charge on any atom is 0.113 e. The molecule has 0 radical (unpaired) electrons. The van der Waals surface area contributed by atoms with E-state index in [0.717, 1.165) is 24.1 Å². The van der Waals surface area contributed by atoms with Crippen LogP contribution in [0.1, 0.15) is 6.42 Å². The van der Waals surface area contributed by atoms with Crippen LogP contribution in [0, 0.1) is 0 Å². The van der Waals surface area contributed by atoms with E-state index >= 15 is 0 Å². The third-order valence-electron chi connectivity index (χ3n) is 1.86. The Labute approximate surface area is 66.9 Å². The van der Waals surface area contributed by atoms with Gasteiger partial charge in [-0.25, -0.2) is 0 Å². The van der Waals surface area contributed by atoms with Crippen LogP contribution in [-0.4, -0.2) is 18.2 Å². The molecule has 0 aliphatic carbocycles. The molecule has 2 heteroatoms. The van der Waals surface area contributed by atoms with Gasteiger partial charge in [-0.1, -0.05) is 19.2 Å². The topological polar surface area (TPSA) is 32.3 Å². The van der Waals surface area contributed by atoms with Crippen molar-refractivity contribution in [2.75, 3.05) is 13.1 Å². The Morgan fingerprint density at radius 1 is 1.64 bits per heavy atom. The molecule has 1 aliphatic rings. The predicted molar refractivity (Wildman–Crippen MR) is 46.5 cm³/mol. The van der Waals surface area contributed by atoms with E-state index in [9.17, 15) is 0 Å². The highest BCUT2D eigenvalue weighted by atomic mass is 16.3. The van der Waals surface area contributed by atoms with Crippen molar-refractivity contribution in [3.8, 4) is 0 Å². The van der Waals surface area contributed by atoms with Gasteiger partial charge in [0.05, 0.1) is 0 Å². The summed E-state index contributed by atoms with van der Waals surface area (Å²) in [5.41, 5.74) is 2.00. The van der Waals surface area contributed by atoms with E-state index in [1.165, 1.54) is 0 Å². The van der Waals surface area contributed by atoms with Crippen molar-refractivity contribution in [1.29, 1.82) is 0 Å². The van der Waals surface area contributed by atoms with Gasteiger partial charge in [0.15, 0.2) is 0 Å². The molecule has 2 nitrogen and oxygen atoms in total. The maximum absolute atomic E-state index is 9.14. The van der Waals surface area contributed by atoms with E-state index < -0.39 is 0 Å². The van der Waals surface area contributed by atoms with E-state index in [1.807, 2.05) is 0 Å². The predicted octanol–water partition coefficient (Wildman–Crippen LogP) is 1.53. The Morgan fingerprint density at radius 2 is 2.36 bits per heavy atom. The summed E-state index contributed by atoms with van der Waals surface area (Å²) in [6.45, 7) is 8.83. The van der Waals surface area contributed by atoms with E-state index in [1.54, 1.807) is 6.08 Å². The van der Waals surface area contributed by atoms with Crippen LogP contribution in [-0.2, 0) is 0 Å². The summed E-state index contributed by atoms with van der Waals surface area (Å²) in [5.74, 6) is 0.159. The van der Waals surface area contributed by atoms with Gasteiger partial charge in [-0.15, -0.1) is 0 Å². The fraction of sp³-hybridized carbons (Fsp3) is 0.333. The first-order valence-corrected chi connectivity index (χ1v) is 3.69. The molecule has 0 saturated carbocycles. The van der Waals surface area contributed by atoms with Crippen molar-refractivity contribution in [2.45, 2.75) is 6.42 Å². The molecule has 11 heavy (non-hydrogen) atoms. The van der Waals surface area contributed by atoms with Crippen molar-refractivity contribution < 1.29 is 5.11 Å². The third kappa shape index (κ3) is 1.71. The lowest BCUT2D eigenvalue weighted by Crippen LogP contribution is -2.25.